The number of hydrogen-bond acceptors (Lipinski definition) is 3. The summed E-state index contributed by atoms with van der Waals surface area (Å²) >= 11 is 11.0. The highest BCUT2D eigenvalue weighted by atomic mass is 79.9. The number of carbonyl (C=O) groups excluding carboxylic acids is 1. The Bertz CT molecular complexity index is 469. The van der Waals surface area contributed by atoms with Crippen molar-refractivity contribution in [1.29, 1.82) is 0 Å². The fraction of sp³-hybridized carbons (Fsp3) is 0. The second kappa shape index (κ2) is 4.21. The second-order valence-electron chi connectivity index (χ2n) is 2.62. The van der Waals surface area contributed by atoms with E-state index in [1.807, 2.05) is 0 Å². The molecule has 0 aliphatic carbocycles. The lowest BCUT2D eigenvalue weighted by Crippen LogP contribution is -1.96. The smallest absolute Gasteiger partial charge is 0.240 e. The van der Waals surface area contributed by atoms with Crippen LogP contribution in [0.5, 0.6) is 0 Å². The van der Waals surface area contributed by atoms with Gasteiger partial charge in [0.25, 0.3) is 11.1 Å². The normalized spacial score (nSPS) is 18.9. The van der Waals surface area contributed by atoms with Gasteiger partial charge in [-0.3, -0.25) is 0 Å². The van der Waals surface area contributed by atoms with Crippen molar-refractivity contribution in [1.82, 2.24) is 0 Å². The largest absolute Gasteiger partial charge is 0.401 e. The second-order valence-corrected chi connectivity index (χ2v) is 6.93. The zero-order valence-electron chi connectivity index (χ0n) is 6.68. The third kappa shape index (κ3) is 1.78. The van der Waals surface area contributed by atoms with Crippen LogP contribution in [0.2, 0.25) is 0 Å². The molecule has 1 unspecified atom stereocenters. The van der Waals surface area contributed by atoms with Crippen LogP contribution in [0.4, 0.5) is 0 Å². The molecule has 1 atom stereocenters. The summed E-state index contributed by atoms with van der Waals surface area (Å²) in [5.74, 6) is -0.577. The molecule has 0 amide bonds. The first kappa shape index (κ1) is 12.2. The van der Waals surface area contributed by atoms with E-state index in [-0.39, 0.29) is 0 Å². The molecule has 1 aliphatic heterocycles. The molecular weight excluding hydrogens is 484 g/mol. The quantitative estimate of drug-likeness (QED) is 0.243. The van der Waals surface area contributed by atoms with E-state index in [4.69, 9.17) is 0 Å². The van der Waals surface area contributed by atoms with Gasteiger partial charge in [-0.05, 0) is 63.7 Å². The predicted octanol–water partition coefficient (Wildman–Crippen LogP) is 3.88. The molecule has 0 saturated carbocycles. The van der Waals surface area contributed by atoms with Gasteiger partial charge in [0.2, 0.25) is 4.90 Å². The third-order valence-corrected chi connectivity index (χ3v) is 8.01. The molecule has 1 aromatic rings. The summed E-state index contributed by atoms with van der Waals surface area (Å²) in [5.41, 5.74) is 0.304. The Kier molecular flexibility index (Phi) is 3.43. The molecule has 1 heterocycles. The van der Waals surface area contributed by atoms with Crippen molar-refractivity contribution in [2.45, 2.75) is 4.90 Å². The molecule has 0 fully saturated rings. The van der Waals surface area contributed by atoms with E-state index < -0.39 is 17.0 Å². The summed E-state index contributed by atoms with van der Waals surface area (Å²) < 4.78 is 18.7. The summed E-state index contributed by atoms with van der Waals surface area (Å²) in [6.07, 6.45) is 0. The van der Waals surface area contributed by atoms with Gasteiger partial charge in [-0.1, -0.05) is 4.21 Å². The van der Waals surface area contributed by atoms with Crippen LogP contribution in [0.1, 0.15) is 10.4 Å². The van der Waals surface area contributed by atoms with Gasteiger partial charge >= 0.3 is 5.97 Å². The van der Waals surface area contributed by atoms with Crippen LogP contribution >= 0.6 is 63.7 Å². The Balaban J connectivity index is 2.92. The molecule has 0 radical (unpaired) electrons. The van der Waals surface area contributed by atoms with E-state index in [0.717, 1.165) is 0 Å². The minimum absolute atomic E-state index is 0.304. The van der Waals surface area contributed by atoms with Gasteiger partial charge in [0.1, 0.15) is 5.56 Å². The fourth-order valence-corrected chi connectivity index (χ4v) is 5.16. The van der Waals surface area contributed by atoms with Gasteiger partial charge in [-0.25, -0.2) is 8.98 Å². The third-order valence-electron chi connectivity index (χ3n) is 1.79. The Hall–Kier alpha value is 0.760. The number of thiol groups is 1. The summed E-state index contributed by atoms with van der Waals surface area (Å²) in [7, 11) is 0. The Morgan fingerprint density at radius 2 is 1.47 bits per heavy atom. The highest BCUT2D eigenvalue weighted by Gasteiger charge is 2.41. The zero-order valence-corrected chi connectivity index (χ0v) is 13.9. The molecule has 1 aromatic carbocycles. The van der Waals surface area contributed by atoms with Crippen LogP contribution in [-0.4, -0.2) is 5.97 Å². The van der Waals surface area contributed by atoms with Gasteiger partial charge < -0.3 is 0 Å². The molecular formula is C7HBr4O3S+. The van der Waals surface area contributed by atoms with Gasteiger partial charge in [0, 0.05) is 4.47 Å². The standard InChI is InChI=1S/C7Br4O3S/c8-2-1-6(15(13)14-7(1)12)5(11)4(10)3(2)9/p+1. The van der Waals surface area contributed by atoms with Crippen molar-refractivity contribution in [2.24, 2.45) is 0 Å². The lowest BCUT2D eigenvalue weighted by Gasteiger charge is -2.03. The minimum Gasteiger partial charge on any atom is -0.240 e. The molecule has 0 aromatic heterocycles. The molecule has 15 heavy (non-hydrogen) atoms. The van der Waals surface area contributed by atoms with Crippen molar-refractivity contribution >= 4 is 80.8 Å². The maximum atomic E-state index is 11.5. The number of carbonyl (C=O) groups is 1. The predicted molar refractivity (Wildman–Crippen MR) is 70.4 cm³/mol. The lowest BCUT2D eigenvalue weighted by atomic mass is 10.2. The number of hydrogen-bond donors (Lipinski definition) is 0. The zero-order chi connectivity index (χ0) is 11.3. The first-order chi connectivity index (χ1) is 6.95. The van der Waals surface area contributed by atoms with E-state index in [1.54, 1.807) is 0 Å². The SMILES string of the molecule is O=C1O[SH+](=O)c2c(Br)c(Br)c(Br)c(Br)c21. The summed E-state index contributed by atoms with van der Waals surface area (Å²) in [4.78, 5) is 11.8. The number of fused-ring (bicyclic) bond motifs is 1. The van der Waals surface area contributed by atoms with Crippen LogP contribution < -0.4 is 0 Å². The topological polar surface area (TPSA) is 43.4 Å². The molecule has 8 heteroatoms. The molecule has 0 bridgehead atoms. The lowest BCUT2D eigenvalue weighted by molar-refractivity contribution is 0.0769. The van der Waals surface area contributed by atoms with E-state index in [1.165, 1.54) is 0 Å². The average Bonchev–Trinajstić information content (AvgIpc) is 2.47. The first-order valence-corrected chi connectivity index (χ1v) is 7.85. The first-order valence-electron chi connectivity index (χ1n) is 3.50. The molecule has 2 rings (SSSR count). The number of halogens is 4. The van der Waals surface area contributed by atoms with E-state index in [2.05, 4.69) is 67.9 Å². The van der Waals surface area contributed by atoms with E-state index in [9.17, 15) is 9.00 Å². The van der Waals surface area contributed by atoms with Crippen LogP contribution in [-0.2, 0) is 19.5 Å². The molecule has 0 spiro atoms. The van der Waals surface area contributed by atoms with Gasteiger partial charge in [-0.2, -0.15) is 0 Å². The summed E-state index contributed by atoms with van der Waals surface area (Å²) in [5, 5.41) is 0. The summed E-state index contributed by atoms with van der Waals surface area (Å²) in [6.45, 7) is 0. The van der Waals surface area contributed by atoms with Crippen LogP contribution in [0.15, 0.2) is 22.8 Å². The Labute approximate surface area is 121 Å². The molecule has 0 N–H and O–H groups in total. The maximum absolute atomic E-state index is 11.5. The van der Waals surface area contributed by atoms with Crippen molar-refractivity contribution in [3.63, 3.8) is 0 Å². The van der Waals surface area contributed by atoms with Crippen molar-refractivity contribution < 1.29 is 13.2 Å². The Morgan fingerprint density at radius 3 is 2.07 bits per heavy atom. The van der Waals surface area contributed by atoms with E-state index in [0.29, 0.717) is 28.3 Å². The number of benzene rings is 1. The molecule has 80 valence electrons. The van der Waals surface area contributed by atoms with Gasteiger partial charge in [0.05, 0.1) is 13.4 Å². The maximum Gasteiger partial charge on any atom is 0.401 e. The highest BCUT2D eigenvalue weighted by molar-refractivity contribution is 9.15. The van der Waals surface area contributed by atoms with Crippen molar-refractivity contribution in [3.05, 3.63) is 23.5 Å². The van der Waals surface area contributed by atoms with Gasteiger partial charge in [0.15, 0.2) is 0 Å². The molecule has 0 saturated heterocycles. The summed E-state index contributed by atoms with van der Waals surface area (Å²) in [6, 6.07) is 0. The number of rotatable bonds is 0. The average molecular weight is 485 g/mol. The molecule has 3 nitrogen and oxygen atoms in total. The monoisotopic (exact) mass is 481 g/mol. The minimum atomic E-state index is -2.11. The molecule has 1 aliphatic rings. The van der Waals surface area contributed by atoms with Gasteiger partial charge in [-0.15, -0.1) is 0 Å². The highest BCUT2D eigenvalue weighted by Crippen LogP contribution is 2.46. The van der Waals surface area contributed by atoms with E-state index >= 15 is 0 Å². The van der Waals surface area contributed by atoms with Crippen LogP contribution in [0, 0.1) is 0 Å². The fourth-order valence-electron chi connectivity index (χ4n) is 1.14. The van der Waals surface area contributed by atoms with Crippen molar-refractivity contribution in [2.75, 3.05) is 0 Å². The van der Waals surface area contributed by atoms with Crippen LogP contribution in [0.3, 0.4) is 0 Å². The van der Waals surface area contributed by atoms with Crippen molar-refractivity contribution in [3.8, 4) is 0 Å². The van der Waals surface area contributed by atoms with Crippen LogP contribution in [0.25, 0.3) is 0 Å². The Morgan fingerprint density at radius 1 is 0.933 bits per heavy atom.